The summed E-state index contributed by atoms with van der Waals surface area (Å²) in [6.07, 6.45) is -20.7. The van der Waals surface area contributed by atoms with Crippen molar-refractivity contribution in [2.24, 2.45) is 0 Å². The van der Waals surface area contributed by atoms with Crippen LogP contribution in [-0.2, 0) is 84.9 Å². The molecular formula is C73H78F8N8O4S2. The Morgan fingerprint density at radius 3 is 1.64 bits per heavy atom. The van der Waals surface area contributed by atoms with Crippen molar-refractivity contribution in [2.75, 3.05) is 52.3 Å². The Kier molecular flexibility index (Phi) is 13.5. The van der Waals surface area contributed by atoms with Gasteiger partial charge in [-0.3, -0.25) is 19.2 Å². The van der Waals surface area contributed by atoms with E-state index in [1.165, 1.54) is 41.3 Å². The average molecular weight is 1380 g/mol. The molecule has 2 aromatic heterocycles. The SMILES string of the molecule is [2H]C([2H])(Sc1nc(=O)c2c(n1C([2H])([2H])C(=O)N(CCN(C([2H])([2H])C)C([2H])([2H])C)C([2H])([2H])c1ccc(-c3ccc(C(F)(F)F)cc3)cc1)CCC2)c1ccc(F)cc1.[2H]c1c([2H])c(C([2H])([2H])Sc2nc(=O)c3c(n2C([2H])([2H])C(=O)N(CCN(CC)CC)C([2H])([2H])c2c([2H])c([2H])c(-c4c([2H])c([2H])c(C(F)(F)F)c(C)c4[2H])c([2H])c2[2H])C([2H])([2H])C([2H])([2H])C3([2H])[2H])c([2H])c([2H])c1F. The van der Waals surface area contributed by atoms with Gasteiger partial charge in [0.2, 0.25) is 11.8 Å². The molecule has 0 radical (unpaired) electrons. The highest BCUT2D eigenvalue weighted by Crippen LogP contribution is 2.36. The van der Waals surface area contributed by atoms with Crippen LogP contribution in [-0.4, -0.2) is 103 Å². The molecule has 10 rings (SSSR count). The molecule has 0 aliphatic heterocycles. The molecule has 0 unspecified atom stereocenters. The second-order valence-corrected chi connectivity index (χ2v) is 21.7. The number of carbonyl (C=O) groups is 2. The molecule has 6 aromatic carbocycles. The summed E-state index contributed by atoms with van der Waals surface area (Å²) in [7, 11) is 0. The van der Waals surface area contributed by atoms with Crippen LogP contribution in [0.5, 0.6) is 0 Å². The van der Waals surface area contributed by atoms with Gasteiger partial charge in [-0.1, -0.05) is 148 Å². The van der Waals surface area contributed by atoms with Crippen LogP contribution in [0.15, 0.2) is 159 Å². The molecule has 0 fully saturated rings. The standard InChI is InChI=1S/C37H40F4N4O2S.C36H38F4N4O2S/c1-4-43(5-2)19-20-44(22-26-9-13-28(14-10-26)29-15-18-32(25(3)21-29)37(39,40)41)34(46)23-45-33-8-6-7-31(33)35(47)42-36(45)48-24-27-11-16-30(38)17-12-27;1-3-42(4-2)20-21-43(22-25-8-12-27(13-9-25)28-14-16-29(17-15-28)36(38,39)40)33(45)23-44-32-7-5-6-31(32)34(46)41-35(44)47-24-26-10-18-30(37)19-11-26/h9-18,21H,4-8,19-20,22-24H2,1-3H3;8-19H,3-7,20-24H2,1-2H3/i6D2,7D2,8D2,9D,10D,11D,12D,13D,14D,15D,16D,17D,18D,21D,22D2,23D2,24D2;3D2,4D2,22D2,23D2,24D2. The van der Waals surface area contributed by atoms with Crippen molar-refractivity contribution >= 4 is 35.3 Å². The third-order valence-electron chi connectivity index (χ3n) is 14.1. The van der Waals surface area contributed by atoms with E-state index in [0.29, 0.717) is 22.4 Å². The van der Waals surface area contributed by atoms with Gasteiger partial charge in [0, 0.05) is 92.3 Å². The maximum Gasteiger partial charge on any atom is 0.416 e. The van der Waals surface area contributed by atoms with Crippen LogP contribution in [0.4, 0.5) is 35.1 Å². The maximum atomic E-state index is 15.2. The number of hydrogen-bond donors (Lipinski definition) is 0. The van der Waals surface area contributed by atoms with Gasteiger partial charge in [-0.05, 0) is 164 Å². The first kappa shape index (κ1) is 39.3. The van der Waals surface area contributed by atoms with Crippen molar-refractivity contribution in [3.63, 3.8) is 0 Å². The van der Waals surface area contributed by atoms with Crippen molar-refractivity contribution in [1.29, 1.82) is 0 Å². The molecule has 2 aliphatic carbocycles. The number of halogens is 8. The minimum atomic E-state index is -5.26. The first-order valence-electron chi connectivity index (χ1n) is 45.2. The van der Waals surface area contributed by atoms with E-state index in [2.05, 4.69) is 9.97 Å². The van der Waals surface area contributed by atoms with Crippen molar-refractivity contribution < 1.29 is 89.9 Å². The van der Waals surface area contributed by atoms with Crippen LogP contribution in [0.25, 0.3) is 22.3 Å². The number of carbonyl (C=O) groups excluding carboxylic acids is 2. The van der Waals surface area contributed by atoms with Crippen molar-refractivity contribution in [3.05, 3.63) is 233 Å². The van der Waals surface area contributed by atoms with E-state index < -0.39 is 281 Å². The number of hydrogen-bond acceptors (Lipinski definition) is 10. The number of thioether (sulfide) groups is 2. The molecule has 0 saturated carbocycles. The Morgan fingerprint density at radius 1 is 0.558 bits per heavy atom. The Hall–Kier alpha value is -7.92. The summed E-state index contributed by atoms with van der Waals surface area (Å²) < 4.78 is 397. The molecule has 22 heteroatoms. The number of rotatable bonds is 26. The predicted octanol–water partition coefficient (Wildman–Crippen LogP) is 14.7. The topological polar surface area (TPSA) is 117 Å². The van der Waals surface area contributed by atoms with Gasteiger partial charge in [-0.2, -0.15) is 36.3 Å². The fraction of sp³-hybridized carbons (Fsp3) is 0.370. The lowest BCUT2D eigenvalue weighted by molar-refractivity contribution is -0.138. The lowest BCUT2D eigenvalue weighted by Gasteiger charge is -2.28. The molecule has 0 bridgehead atoms. The third-order valence-corrected chi connectivity index (χ3v) is 15.7. The first-order chi connectivity index (χ1) is 58.2. The summed E-state index contributed by atoms with van der Waals surface area (Å²) in [5, 5.41) is -2.06. The Labute approximate surface area is 603 Å². The van der Waals surface area contributed by atoms with E-state index in [1.54, 1.807) is 13.8 Å². The highest BCUT2D eigenvalue weighted by Gasteiger charge is 2.33. The van der Waals surface area contributed by atoms with Gasteiger partial charge in [-0.15, -0.1) is 0 Å². The Bertz CT molecular complexity index is 5700. The average Bonchev–Trinajstić information content (AvgIpc) is 1.50. The summed E-state index contributed by atoms with van der Waals surface area (Å²) in [6, 6.07) is -1.18. The number of likely N-dealkylation sites (N-methyl/N-ethyl adjacent to an activating group) is 2. The molecule has 0 spiro atoms. The zero-order chi connectivity index (χ0) is 97.3. The Morgan fingerprint density at radius 2 is 1.07 bits per heavy atom. The highest BCUT2D eigenvalue weighted by atomic mass is 32.2. The number of benzene rings is 6. The molecular weight excluding hydrogens is 1270 g/mol. The monoisotopic (exact) mass is 1380 g/mol. The Balaban J connectivity index is 0.000000296. The summed E-state index contributed by atoms with van der Waals surface area (Å²) in [6.45, 7) is -15.4. The smallest absolute Gasteiger partial charge is 0.336 e. The van der Waals surface area contributed by atoms with Crippen LogP contribution in [0, 0.1) is 18.6 Å². The largest absolute Gasteiger partial charge is 0.416 e. The van der Waals surface area contributed by atoms with Crippen LogP contribution in [0.3, 0.4) is 0 Å². The van der Waals surface area contributed by atoms with E-state index in [-0.39, 0.29) is 69.5 Å². The lowest BCUT2D eigenvalue weighted by atomic mass is 9.98. The van der Waals surface area contributed by atoms with Crippen LogP contribution >= 0.6 is 23.5 Å². The zero-order valence-corrected chi connectivity index (χ0v) is 52.5. The molecule has 2 heterocycles. The molecule has 2 amide bonds. The fourth-order valence-electron chi connectivity index (χ4n) is 9.16. The fourth-order valence-corrected chi connectivity index (χ4v) is 10.5. The van der Waals surface area contributed by atoms with Gasteiger partial charge in [0.15, 0.2) is 10.3 Å². The highest BCUT2D eigenvalue weighted by molar-refractivity contribution is 7.98. The molecule has 0 saturated heterocycles. The van der Waals surface area contributed by atoms with Gasteiger partial charge in [0.1, 0.15) is 24.6 Å². The zero-order valence-electron chi connectivity index (χ0n) is 83.8. The molecule has 2 aliphatic rings. The van der Waals surface area contributed by atoms with E-state index in [0.717, 1.165) is 66.6 Å². The first-order valence-corrected chi connectivity index (χ1v) is 30.3. The molecule has 0 N–H and O–H groups in total. The second kappa shape index (κ2) is 32.7. The van der Waals surface area contributed by atoms with Gasteiger partial charge in [0.25, 0.3) is 11.1 Å². The molecule has 8 aromatic rings. The van der Waals surface area contributed by atoms with Crippen molar-refractivity contribution in [3.8, 4) is 22.3 Å². The van der Waals surface area contributed by atoms with Crippen LogP contribution in [0.1, 0.15) is 147 Å². The van der Waals surface area contributed by atoms with Crippen LogP contribution < -0.4 is 11.1 Å². The summed E-state index contributed by atoms with van der Waals surface area (Å²) in [5.74, 6) is -6.16. The normalized spacial score (nSPS) is 20.7. The summed E-state index contributed by atoms with van der Waals surface area (Å²) >= 11 is -0.239. The van der Waals surface area contributed by atoms with Gasteiger partial charge < -0.3 is 28.7 Å². The molecule has 502 valence electrons. The lowest BCUT2D eigenvalue weighted by Crippen LogP contribution is -2.40. The second-order valence-electron chi connectivity index (χ2n) is 20.2. The van der Waals surface area contributed by atoms with Crippen molar-refractivity contribution in [2.45, 2.75) is 133 Å². The number of fused-ring (bicyclic) bond motifs is 2. The number of aromatic nitrogens is 4. The summed E-state index contributed by atoms with van der Waals surface area (Å²) in [5.41, 5.74) is -19.5. The van der Waals surface area contributed by atoms with Gasteiger partial charge >= 0.3 is 12.4 Å². The van der Waals surface area contributed by atoms with Gasteiger partial charge in [-0.25, -0.2) is 8.78 Å². The number of nitrogens with zero attached hydrogens (tertiary/aromatic N) is 8. The summed E-state index contributed by atoms with van der Waals surface area (Å²) in [4.78, 5) is 67.0. The predicted molar refractivity (Wildman–Crippen MR) is 358 cm³/mol. The molecule has 12 nitrogen and oxygen atoms in total. The van der Waals surface area contributed by atoms with E-state index >= 15 is 4.79 Å². The molecule has 0 atom stereocenters. The third kappa shape index (κ3) is 19.0. The number of alkyl halides is 6. The minimum absolute atomic E-state index is 0.0311. The maximum absolute atomic E-state index is 15.2. The minimum Gasteiger partial charge on any atom is -0.336 e. The number of amides is 2. The van der Waals surface area contributed by atoms with Gasteiger partial charge in [0.05, 0.1) is 37.2 Å². The molecule has 95 heavy (non-hydrogen) atoms. The van der Waals surface area contributed by atoms with Crippen LogP contribution in [0.2, 0.25) is 0 Å². The van der Waals surface area contributed by atoms with E-state index in [1.807, 2.05) is 0 Å². The van der Waals surface area contributed by atoms with E-state index in [9.17, 15) is 60.5 Å². The van der Waals surface area contributed by atoms with Crippen molar-refractivity contribution in [1.82, 2.24) is 38.7 Å². The van der Waals surface area contributed by atoms with E-state index in [4.69, 9.17) is 34.3 Å². The quantitative estimate of drug-likeness (QED) is 0.0295.